The van der Waals surface area contributed by atoms with E-state index < -0.39 is 0 Å². The molecule has 0 bridgehead atoms. The standard InChI is InChI=1S/C20H37N5O.HI/c1-21-20(22-12-13-25(2)18-8-3-4-9-18)24-17-7-5-6-15(14-17)19(26)23-16-10-11-16;/h15-18H,3-14H2,1-2H3,(H,23,26)(H2,21,22,24);1H. The molecular weight excluding hydrogens is 453 g/mol. The van der Waals surface area contributed by atoms with Crippen molar-refractivity contribution in [3.8, 4) is 0 Å². The summed E-state index contributed by atoms with van der Waals surface area (Å²) >= 11 is 0. The third-order valence-corrected chi connectivity index (χ3v) is 6.24. The van der Waals surface area contributed by atoms with Crippen LogP contribution in [0.25, 0.3) is 0 Å². The molecule has 7 heteroatoms. The minimum atomic E-state index is 0. The number of halogens is 1. The third kappa shape index (κ3) is 7.40. The maximum Gasteiger partial charge on any atom is 0.223 e. The van der Waals surface area contributed by atoms with E-state index in [0.29, 0.717) is 12.1 Å². The fraction of sp³-hybridized carbons (Fsp3) is 0.900. The molecule has 3 aliphatic rings. The first-order valence-electron chi connectivity index (χ1n) is 10.6. The predicted molar refractivity (Wildman–Crippen MR) is 122 cm³/mol. The van der Waals surface area contributed by atoms with Crippen molar-refractivity contribution in [2.75, 3.05) is 27.2 Å². The molecule has 3 fully saturated rings. The lowest BCUT2D eigenvalue weighted by molar-refractivity contribution is -0.126. The summed E-state index contributed by atoms with van der Waals surface area (Å²) in [6.45, 7) is 1.95. The van der Waals surface area contributed by atoms with Crippen LogP contribution in [-0.2, 0) is 4.79 Å². The van der Waals surface area contributed by atoms with Crippen LogP contribution in [0.5, 0.6) is 0 Å². The van der Waals surface area contributed by atoms with E-state index in [1.54, 1.807) is 0 Å². The average Bonchev–Trinajstić information content (AvgIpc) is 3.29. The monoisotopic (exact) mass is 491 g/mol. The fourth-order valence-corrected chi connectivity index (χ4v) is 4.37. The Bertz CT molecular complexity index is 491. The van der Waals surface area contributed by atoms with Gasteiger partial charge in [0.2, 0.25) is 5.91 Å². The molecule has 0 spiro atoms. The minimum Gasteiger partial charge on any atom is -0.355 e. The number of aliphatic imine (C=N–C) groups is 1. The Morgan fingerprint density at radius 1 is 1.00 bits per heavy atom. The van der Waals surface area contributed by atoms with E-state index in [0.717, 1.165) is 63.6 Å². The van der Waals surface area contributed by atoms with Gasteiger partial charge in [-0.05, 0) is 52.0 Å². The Morgan fingerprint density at radius 2 is 1.74 bits per heavy atom. The molecule has 3 rings (SSSR count). The van der Waals surface area contributed by atoms with Crippen LogP contribution in [0.1, 0.15) is 64.2 Å². The highest BCUT2D eigenvalue weighted by Gasteiger charge is 2.31. The SMILES string of the molecule is CN=C(NCCN(C)C1CCCC1)NC1CCCC(C(=O)NC2CC2)C1.I. The lowest BCUT2D eigenvalue weighted by Crippen LogP contribution is -2.48. The second-order valence-electron chi connectivity index (χ2n) is 8.41. The van der Waals surface area contributed by atoms with Crippen molar-refractivity contribution in [2.45, 2.75) is 82.3 Å². The van der Waals surface area contributed by atoms with Crippen LogP contribution >= 0.6 is 24.0 Å². The Morgan fingerprint density at radius 3 is 2.41 bits per heavy atom. The van der Waals surface area contributed by atoms with Crippen LogP contribution in [-0.4, -0.2) is 62.1 Å². The summed E-state index contributed by atoms with van der Waals surface area (Å²) in [6.07, 6.45) is 11.9. The zero-order chi connectivity index (χ0) is 18.4. The van der Waals surface area contributed by atoms with Gasteiger partial charge in [0.25, 0.3) is 0 Å². The van der Waals surface area contributed by atoms with Gasteiger partial charge >= 0.3 is 0 Å². The minimum absolute atomic E-state index is 0. The maximum absolute atomic E-state index is 12.3. The summed E-state index contributed by atoms with van der Waals surface area (Å²) in [4.78, 5) is 19.2. The molecule has 0 aromatic carbocycles. The number of guanidine groups is 1. The van der Waals surface area contributed by atoms with Crippen molar-refractivity contribution in [3.05, 3.63) is 0 Å². The summed E-state index contributed by atoms with van der Waals surface area (Å²) in [5.41, 5.74) is 0. The number of carbonyl (C=O) groups is 1. The molecule has 0 saturated heterocycles. The summed E-state index contributed by atoms with van der Waals surface area (Å²) in [6, 6.07) is 1.57. The molecule has 0 aliphatic heterocycles. The molecule has 156 valence electrons. The summed E-state index contributed by atoms with van der Waals surface area (Å²) in [5, 5.41) is 10.2. The molecule has 3 aliphatic carbocycles. The smallest absolute Gasteiger partial charge is 0.223 e. The number of nitrogens with one attached hydrogen (secondary N) is 3. The number of amides is 1. The van der Waals surface area contributed by atoms with Crippen molar-refractivity contribution in [2.24, 2.45) is 10.9 Å². The number of hydrogen-bond donors (Lipinski definition) is 3. The van der Waals surface area contributed by atoms with Gasteiger partial charge in [0, 0.05) is 44.2 Å². The second-order valence-corrected chi connectivity index (χ2v) is 8.41. The van der Waals surface area contributed by atoms with Crippen molar-refractivity contribution >= 4 is 35.8 Å². The van der Waals surface area contributed by atoms with Gasteiger partial charge in [-0.2, -0.15) is 0 Å². The molecule has 0 heterocycles. The first-order chi connectivity index (χ1) is 12.7. The Labute approximate surface area is 181 Å². The van der Waals surface area contributed by atoms with Crippen molar-refractivity contribution < 1.29 is 4.79 Å². The van der Waals surface area contributed by atoms with Gasteiger partial charge in [0.15, 0.2) is 5.96 Å². The van der Waals surface area contributed by atoms with E-state index >= 15 is 0 Å². The van der Waals surface area contributed by atoms with Gasteiger partial charge in [-0.15, -0.1) is 24.0 Å². The zero-order valence-corrected chi connectivity index (χ0v) is 19.3. The molecule has 6 nitrogen and oxygen atoms in total. The number of nitrogens with zero attached hydrogens (tertiary/aromatic N) is 2. The average molecular weight is 491 g/mol. The van der Waals surface area contributed by atoms with Gasteiger partial charge in [0.05, 0.1) is 0 Å². The van der Waals surface area contributed by atoms with E-state index in [1.165, 1.54) is 25.7 Å². The molecule has 27 heavy (non-hydrogen) atoms. The Balaban J connectivity index is 0.00000261. The molecule has 3 N–H and O–H groups in total. The number of rotatable bonds is 7. The van der Waals surface area contributed by atoms with Gasteiger partial charge in [0.1, 0.15) is 0 Å². The molecular formula is C20H38IN5O. The maximum atomic E-state index is 12.3. The van der Waals surface area contributed by atoms with Gasteiger partial charge in [-0.25, -0.2) is 0 Å². The second kappa shape index (κ2) is 11.4. The summed E-state index contributed by atoms with van der Waals surface area (Å²) < 4.78 is 0. The fourth-order valence-electron chi connectivity index (χ4n) is 4.37. The largest absolute Gasteiger partial charge is 0.355 e. The molecule has 2 unspecified atom stereocenters. The van der Waals surface area contributed by atoms with Crippen LogP contribution in [0.4, 0.5) is 0 Å². The first kappa shape index (κ1) is 22.7. The highest BCUT2D eigenvalue weighted by molar-refractivity contribution is 14.0. The van der Waals surface area contributed by atoms with E-state index in [4.69, 9.17) is 0 Å². The van der Waals surface area contributed by atoms with Crippen molar-refractivity contribution in [1.29, 1.82) is 0 Å². The van der Waals surface area contributed by atoms with Crippen LogP contribution in [0.3, 0.4) is 0 Å². The van der Waals surface area contributed by atoms with Crippen LogP contribution in [0, 0.1) is 5.92 Å². The molecule has 0 radical (unpaired) electrons. The Kier molecular flexibility index (Phi) is 9.62. The van der Waals surface area contributed by atoms with E-state index in [-0.39, 0.29) is 35.8 Å². The molecule has 3 saturated carbocycles. The number of likely N-dealkylation sites (N-methyl/N-ethyl adjacent to an activating group) is 1. The predicted octanol–water partition coefficient (Wildman–Crippen LogP) is 2.48. The molecule has 1 amide bonds. The van der Waals surface area contributed by atoms with Gasteiger partial charge < -0.3 is 20.9 Å². The number of hydrogen-bond acceptors (Lipinski definition) is 3. The van der Waals surface area contributed by atoms with Crippen LogP contribution in [0.2, 0.25) is 0 Å². The van der Waals surface area contributed by atoms with Crippen LogP contribution < -0.4 is 16.0 Å². The topological polar surface area (TPSA) is 68.8 Å². The third-order valence-electron chi connectivity index (χ3n) is 6.24. The van der Waals surface area contributed by atoms with E-state index in [2.05, 4.69) is 32.9 Å². The van der Waals surface area contributed by atoms with Crippen LogP contribution in [0.15, 0.2) is 4.99 Å². The Hall–Kier alpha value is -0.570. The molecule has 0 aromatic rings. The number of carbonyl (C=O) groups excluding carboxylic acids is 1. The zero-order valence-electron chi connectivity index (χ0n) is 17.0. The highest BCUT2D eigenvalue weighted by atomic mass is 127. The van der Waals surface area contributed by atoms with E-state index in [1.807, 2.05) is 7.05 Å². The normalized spacial score (nSPS) is 26.6. The summed E-state index contributed by atoms with van der Waals surface area (Å²) in [5.74, 6) is 1.30. The van der Waals surface area contributed by atoms with Crippen molar-refractivity contribution in [1.82, 2.24) is 20.9 Å². The van der Waals surface area contributed by atoms with Gasteiger partial charge in [-0.3, -0.25) is 9.79 Å². The lowest BCUT2D eigenvalue weighted by Gasteiger charge is -2.30. The molecule has 2 atom stereocenters. The lowest BCUT2D eigenvalue weighted by atomic mass is 9.85. The molecule has 0 aromatic heterocycles. The van der Waals surface area contributed by atoms with E-state index in [9.17, 15) is 4.79 Å². The highest BCUT2D eigenvalue weighted by Crippen LogP contribution is 2.26. The quantitative estimate of drug-likeness (QED) is 0.291. The first-order valence-corrected chi connectivity index (χ1v) is 10.6. The van der Waals surface area contributed by atoms with Gasteiger partial charge in [-0.1, -0.05) is 19.3 Å². The van der Waals surface area contributed by atoms with Crippen molar-refractivity contribution in [3.63, 3.8) is 0 Å². The summed E-state index contributed by atoms with van der Waals surface area (Å²) in [7, 11) is 4.06.